The molecule has 0 spiro atoms. The SMILES string of the molecule is CCCCCCOc1ccc(-c2ccc(CCC(CC)C[C@@](F)(C(=O)O)C3CCCCC3)cc2)cc1F. The third kappa shape index (κ3) is 8.28. The van der Waals surface area contributed by atoms with E-state index in [0.717, 1.165) is 74.5 Å². The topological polar surface area (TPSA) is 46.5 Å². The van der Waals surface area contributed by atoms with Crippen molar-refractivity contribution in [3.05, 3.63) is 53.8 Å². The summed E-state index contributed by atoms with van der Waals surface area (Å²) in [7, 11) is 0. The number of carboxylic acid groups (broad SMARTS) is 1. The number of alkyl halides is 1. The minimum Gasteiger partial charge on any atom is -0.491 e. The van der Waals surface area contributed by atoms with Gasteiger partial charge in [0, 0.05) is 5.92 Å². The van der Waals surface area contributed by atoms with Crippen LogP contribution in [0.2, 0.25) is 0 Å². The highest BCUT2D eigenvalue weighted by Crippen LogP contribution is 2.41. The maximum Gasteiger partial charge on any atom is 0.341 e. The second-order valence-corrected chi connectivity index (χ2v) is 10.8. The van der Waals surface area contributed by atoms with Gasteiger partial charge in [0.1, 0.15) is 0 Å². The summed E-state index contributed by atoms with van der Waals surface area (Å²) in [5.74, 6) is -1.70. The molecule has 1 fully saturated rings. The number of unbranched alkanes of at least 4 members (excludes halogenated alkanes) is 3. The number of carboxylic acids is 1. The minimum absolute atomic E-state index is 0.0197. The molecule has 0 radical (unpaired) electrons. The number of hydrogen-bond donors (Lipinski definition) is 1. The van der Waals surface area contributed by atoms with Crippen molar-refractivity contribution in [3.63, 3.8) is 0 Å². The van der Waals surface area contributed by atoms with Crippen LogP contribution >= 0.6 is 0 Å². The molecule has 5 heteroatoms. The van der Waals surface area contributed by atoms with Crippen LogP contribution in [0, 0.1) is 17.7 Å². The van der Waals surface area contributed by atoms with E-state index in [1.807, 2.05) is 37.3 Å². The fraction of sp³-hybridized carbons (Fsp3) is 0.594. The summed E-state index contributed by atoms with van der Waals surface area (Å²) in [6.45, 7) is 4.70. The lowest BCUT2D eigenvalue weighted by molar-refractivity contribution is -0.158. The summed E-state index contributed by atoms with van der Waals surface area (Å²) in [6, 6.07) is 13.1. The van der Waals surface area contributed by atoms with Gasteiger partial charge in [-0.2, -0.15) is 0 Å². The van der Waals surface area contributed by atoms with E-state index in [9.17, 15) is 14.3 Å². The zero-order valence-electron chi connectivity index (χ0n) is 22.6. The van der Waals surface area contributed by atoms with Crippen molar-refractivity contribution < 1.29 is 23.4 Å². The maximum atomic E-state index is 15.7. The van der Waals surface area contributed by atoms with Crippen LogP contribution in [-0.2, 0) is 11.2 Å². The zero-order valence-corrected chi connectivity index (χ0v) is 22.6. The molecular weight excluding hydrogens is 470 g/mol. The van der Waals surface area contributed by atoms with Gasteiger partial charge in [-0.15, -0.1) is 0 Å². The van der Waals surface area contributed by atoms with Gasteiger partial charge in [0.25, 0.3) is 0 Å². The molecular formula is C32H44F2O3. The smallest absolute Gasteiger partial charge is 0.341 e. The van der Waals surface area contributed by atoms with Crippen LogP contribution < -0.4 is 4.74 Å². The molecule has 1 N–H and O–H groups in total. The van der Waals surface area contributed by atoms with Crippen LogP contribution in [0.1, 0.15) is 96.5 Å². The first-order valence-corrected chi connectivity index (χ1v) is 14.3. The first-order chi connectivity index (χ1) is 17.9. The molecule has 2 atom stereocenters. The van der Waals surface area contributed by atoms with Gasteiger partial charge in [-0.1, -0.05) is 89.1 Å². The quantitative estimate of drug-likeness (QED) is 0.241. The predicted octanol–water partition coefficient (Wildman–Crippen LogP) is 9.17. The van der Waals surface area contributed by atoms with Gasteiger partial charge in [0.2, 0.25) is 5.67 Å². The molecule has 1 aliphatic carbocycles. The molecule has 1 saturated carbocycles. The van der Waals surface area contributed by atoms with Crippen LogP contribution in [0.5, 0.6) is 5.75 Å². The number of carbonyl (C=O) groups is 1. The molecule has 37 heavy (non-hydrogen) atoms. The van der Waals surface area contributed by atoms with E-state index in [1.54, 1.807) is 6.07 Å². The van der Waals surface area contributed by atoms with Crippen LogP contribution in [0.4, 0.5) is 8.78 Å². The van der Waals surface area contributed by atoms with Gasteiger partial charge in [0.05, 0.1) is 6.61 Å². The Kier molecular flexibility index (Phi) is 11.4. The summed E-state index contributed by atoms with van der Waals surface area (Å²) < 4.78 is 35.9. The fourth-order valence-electron chi connectivity index (χ4n) is 5.60. The molecule has 0 aliphatic heterocycles. The third-order valence-corrected chi connectivity index (χ3v) is 8.09. The predicted molar refractivity (Wildman–Crippen MR) is 146 cm³/mol. The average Bonchev–Trinajstić information content (AvgIpc) is 2.92. The molecule has 204 valence electrons. The van der Waals surface area contributed by atoms with Crippen molar-refractivity contribution in [3.8, 4) is 16.9 Å². The number of hydrogen-bond acceptors (Lipinski definition) is 2. The van der Waals surface area contributed by atoms with Gasteiger partial charge in [-0.05, 0) is 73.3 Å². The van der Waals surface area contributed by atoms with E-state index < -0.39 is 11.6 Å². The summed E-state index contributed by atoms with van der Waals surface area (Å²) >= 11 is 0. The van der Waals surface area contributed by atoms with Crippen LogP contribution in [0.3, 0.4) is 0 Å². The van der Waals surface area contributed by atoms with Gasteiger partial charge in [-0.25, -0.2) is 13.6 Å². The number of ether oxygens (including phenoxy) is 1. The van der Waals surface area contributed by atoms with Crippen LogP contribution in [-0.4, -0.2) is 23.4 Å². The molecule has 0 aromatic heterocycles. The van der Waals surface area contributed by atoms with Crippen LogP contribution in [0.15, 0.2) is 42.5 Å². The number of rotatable bonds is 15. The summed E-state index contributed by atoms with van der Waals surface area (Å²) in [4.78, 5) is 11.9. The van der Waals surface area contributed by atoms with Crippen molar-refractivity contribution in [1.82, 2.24) is 0 Å². The van der Waals surface area contributed by atoms with Crippen LogP contribution in [0.25, 0.3) is 11.1 Å². The Morgan fingerprint density at radius 3 is 2.35 bits per heavy atom. The van der Waals surface area contributed by atoms with Gasteiger partial charge >= 0.3 is 5.97 Å². The van der Waals surface area contributed by atoms with E-state index in [2.05, 4.69) is 6.92 Å². The number of aryl methyl sites for hydroxylation is 1. The second-order valence-electron chi connectivity index (χ2n) is 10.8. The monoisotopic (exact) mass is 514 g/mol. The maximum absolute atomic E-state index is 15.7. The Balaban J connectivity index is 1.56. The lowest BCUT2D eigenvalue weighted by Gasteiger charge is -2.35. The lowest BCUT2D eigenvalue weighted by Crippen LogP contribution is -2.44. The first kappa shape index (κ1) is 29.1. The van der Waals surface area contributed by atoms with E-state index in [0.29, 0.717) is 25.2 Å². The van der Waals surface area contributed by atoms with E-state index in [4.69, 9.17) is 4.74 Å². The Morgan fingerprint density at radius 1 is 1.03 bits per heavy atom. The van der Waals surface area contributed by atoms with Gasteiger partial charge in [0.15, 0.2) is 11.6 Å². The lowest BCUT2D eigenvalue weighted by atomic mass is 9.73. The molecule has 2 aromatic carbocycles. The molecule has 1 aliphatic rings. The Hall–Kier alpha value is -2.43. The first-order valence-electron chi connectivity index (χ1n) is 14.3. The van der Waals surface area contributed by atoms with E-state index in [-0.39, 0.29) is 24.1 Å². The Morgan fingerprint density at radius 2 is 1.73 bits per heavy atom. The van der Waals surface area contributed by atoms with Crippen molar-refractivity contribution >= 4 is 5.97 Å². The fourth-order valence-corrected chi connectivity index (χ4v) is 5.60. The normalized spacial score (nSPS) is 16.8. The van der Waals surface area contributed by atoms with Gasteiger partial charge < -0.3 is 9.84 Å². The minimum atomic E-state index is -2.12. The number of aliphatic carboxylic acids is 1. The molecule has 2 aromatic rings. The highest BCUT2D eigenvalue weighted by atomic mass is 19.1. The molecule has 0 amide bonds. The summed E-state index contributed by atoms with van der Waals surface area (Å²) in [5.41, 5.74) is 0.715. The van der Waals surface area contributed by atoms with Gasteiger partial charge in [-0.3, -0.25) is 0 Å². The van der Waals surface area contributed by atoms with Crippen molar-refractivity contribution in [1.29, 1.82) is 0 Å². The van der Waals surface area contributed by atoms with E-state index in [1.165, 1.54) is 12.5 Å². The summed E-state index contributed by atoms with van der Waals surface area (Å²) in [5, 5.41) is 9.75. The van der Waals surface area contributed by atoms with E-state index >= 15 is 4.39 Å². The largest absolute Gasteiger partial charge is 0.491 e. The number of benzene rings is 2. The molecule has 3 nitrogen and oxygen atoms in total. The molecule has 0 bridgehead atoms. The van der Waals surface area contributed by atoms with Crippen molar-refractivity contribution in [2.75, 3.05) is 6.61 Å². The Bertz CT molecular complexity index is 968. The second kappa shape index (κ2) is 14.5. The highest BCUT2D eigenvalue weighted by molar-refractivity contribution is 5.77. The number of halogens is 2. The highest BCUT2D eigenvalue weighted by Gasteiger charge is 2.47. The molecule has 0 saturated heterocycles. The molecule has 1 unspecified atom stereocenters. The molecule has 3 rings (SSSR count). The Labute approximate surface area is 221 Å². The zero-order chi connectivity index (χ0) is 26.7. The van der Waals surface area contributed by atoms with Crippen molar-refractivity contribution in [2.45, 2.75) is 103 Å². The molecule has 0 heterocycles. The average molecular weight is 515 g/mol. The standard InChI is InChI=1S/C32H44F2O3/c1-3-5-6-10-21-37-30-20-19-27(22-29(30)33)26-17-15-25(16-18-26)14-13-24(4-2)23-32(34,31(35)36)28-11-8-7-9-12-28/h15-20,22,24,28H,3-14,21,23H2,1-2H3,(H,35,36)/t24?,32-/m0/s1. The third-order valence-electron chi connectivity index (χ3n) is 8.09. The van der Waals surface area contributed by atoms with Crippen molar-refractivity contribution in [2.24, 2.45) is 11.8 Å². The summed E-state index contributed by atoms with van der Waals surface area (Å²) in [6.07, 6.45) is 11.0.